The fourth-order valence-corrected chi connectivity index (χ4v) is 3.55. The van der Waals surface area contributed by atoms with Crippen molar-refractivity contribution in [2.24, 2.45) is 0 Å². The molecule has 0 saturated carbocycles. The molecule has 0 aliphatic heterocycles. The van der Waals surface area contributed by atoms with Crippen molar-refractivity contribution in [3.63, 3.8) is 0 Å². The number of hydrogen-bond acceptors (Lipinski definition) is 5. The van der Waals surface area contributed by atoms with Crippen LogP contribution in [0.2, 0.25) is 5.02 Å². The largest absolute Gasteiger partial charge is 0.490 e. The van der Waals surface area contributed by atoms with E-state index in [4.69, 9.17) is 26.2 Å². The number of thiazole rings is 1. The second kappa shape index (κ2) is 10.4. The van der Waals surface area contributed by atoms with E-state index < -0.39 is 5.97 Å². The molecule has 7 heteroatoms. The van der Waals surface area contributed by atoms with Crippen LogP contribution < -0.4 is 9.47 Å². The number of benzene rings is 1. The number of hydrogen-bond donors (Lipinski definition) is 1. The van der Waals surface area contributed by atoms with Gasteiger partial charge in [-0.25, -0.2) is 4.98 Å². The molecule has 0 atom stereocenters. The number of nitrogens with zero attached hydrogens (tertiary/aromatic N) is 1. The second-order valence-electron chi connectivity index (χ2n) is 5.84. The highest BCUT2D eigenvalue weighted by molar-refractivity contribution is 7.13. The van der Waals surface area contributed by atoms with Gasteiger partial charge >= 0.3 is 5.97 Å². The van der Waals surface area contributed by atoms with Gasteiger partial charge in [0.25, 0.3) is 0 Å². The molecule has 1 heterocycles. The molecule has 0 saturated heterocycles. The third kappa shape index (κ3) is 5.88. The summed E-state index contributed by atoms with van der Waals surface area (Å²) in [6.45, 7) is 5.16. The molecule has 26 heavy (non-hydrogen) atoms. The highest BCUT2D eigenvalue weighted by Gasteiger charge is 2.16. The van der Waals surface area contributed by atoms with Gasteiger partial charge in [-0.15, -0.1) is 11.3 Å². The predicted octanol–water partition coefficient (Wildman–Crippen LogP) is 5.45. The van der Waals surface area contributed by atoms with Gasteiger partial charge in [-0.1, -0.05) is 37.8 Å². The monoisotopic (exact) mass is 397 g/mol. The molecule has 0 amide bonds. The van der Waals surface area contributed by atoms with Gasteiger partial charge in [0, 0.05) is 10.9 Å². The Morgan fingerprint density at radius 2 is 2.04 bits per heavy atom. The molecule has 1 N–H and O–H groups in total. The number of aliphatic carboxylic acids is 1. The lowest BCUT2D eigenvalue weighted by Gasteiger charge is -2.14. The van der Waals surface area contributed by atoms with E-state index in [9.17, 15) is 4.79 Å². The minimum Gasteiger partial charge on any atom is -0.490 e. The van der Waals surface area contributed by atoms with Gasteiger partial charge in [0.2, 0.25) is 0 Å². The van der Waals surface area contributed by atoms with Crippen LogP contribution in [0.5, 0.6) is 11.5 Å². The molecule has 2 rings (SSSR count). The minimum atomic E-state index is -0.901. The molecule has 0 unspecified atom stereocenters. The number of halogens is 1. The topological polar surface area (TPSA) is 68.7 Å². The van der Waals surface area contributed by atoms with Gasteiger partial charge in [-0.3, -0.25) is 4.79 Å². The van der Waals surface area contributed by atoms with Crippen molar-refractivity contribution in [1.82, 2.24) is 4.98 Å². The Bertz CT molecular complexity index is 732. The zero-order valence-electron chi connectivity index (χ0n) is 15.1. The molecule has 0 radical (unpaired) electrons. The lowest BCUT2D eigenvalue weighted by Crippen LogP contribution is -2.02. The van der Waals surface area contributed by atoms with E-state index in [1.54, 1.807) is 11.4 Å². The Kier molecular flexibility index (Phi) is 8.19. The van der Waals surface area contributed by atoms with Crippen molar-refractivity contribution in [2.45, 2.75) is 46.0 Å². The second-order valence-corrected chi connectivity index (χ2v) is 7.11. The van der Waals surface area contributed by atoms with Gasteiger partial charge in [-0.05, 0) is 25.5 Å². The number of ether oxygens (including phenoxy) is 2. The summed E-state index contributed by atoms with van der Waals surface area (Å²) in [6.07, 6.45) is 4.38. The first-order valence-electron chi connectivity index (χ1n) is 8.80. The summed E-state index contributed by atoms with van der Waals surface area (Å²) in [6, 6.07) is 3.63. The van der Waals surface area contributed by atoms with Gasteiger partial charge in [0.1, 0.15) is 5.01 Å². The number of rotatable bonds is 11. The van der Waals surface area contributed by atoms with Crippen LogP contribution in [0.1, 0.15) is 45.2 Å². The number of carboxylic acids is 1. The summed E-state index contributed by atoms with van der Waals surface area (Å²) in [7, 11) is 0. The number of unbranched alkanes of at least 4 members (excludes halogenated alkanes) is 3. The van der Waals surface area contributed by atoms with Crippen LogP contribution in [0.15, 0.2) is 17.5 Å². The minimum absolute atomic E-state index is 0.0957. The highest BCUT2D eigenvalue weighted by atomic mass is 35.5. The van der Waals surface area contributed by atoms with Crippen LogP contribution in [0, 0.1) is 0 Å². The van der Waals surface area contributed by atoms with E-state index in [-0.39, 0.29) is 6.42 Å². The quantitative estimate of drug-likeness (QED) is 0.510. The van der Waals surface area contributed by atoms with Crippen molar-refractivity contribution in [1.29, 1.82) is 0 Å². The Hall–Kier alpha value is -1.79. The molecular weight excluding hydrogens is 374 g/mol. The van der Waals surface area contributed by atoms with Crippen LogP contribution >= 0.6 is 22.9 Å². The zero-order chi connectivity index (χ0) is 18.9. The van der Waals surface area contributed by atoms with E-state index in [0.29, 0.717) is 40.4 Å². The first kappa shape index (κ1) is 20.5. The SMILES string of the molecule is CCCCCCOc1c(Cl)cc(-c2nc(CC(=O)O)cs2)cc1OCC. The summed E-state index contributed by atoms with van der Waals surface area (Å²) in [5.41, 5.74) is 1.32. The maximum atomic E-state index is 10.8. The molecule has 0 fully saturated rings. The average Bonchev–Trinajstić information content (AvgIpc) is 3.04. The third-order valence-electron chi connectivity index (χ3n) is 3.68. The number of carboxylic acid groups (broad SMARTS) is 1. The summed E-state index contributed by atoms with van der Waals surface area (Å²) in [4.78, 5) is 15.2. The molecule has 2 aromatic rings. The normalized spacial score (nSPS) is 10.7. The first-order valence-corrected chi connectivity index (χ1v) is 10.1. The van der Waals surface area contributed by atoms with E-state index >= 15 is 0 Å². The standard InChI is InChI=1S/C19H24ClNO4S/c1-3-5-6-7-8-25-18-15(20)9-13(10-16(18)24-4-2)19-21-14(12-26-19)11-17(22)23/h9-10,12H,3-8,11H2,1-2H3,(H,22,23). The predicted molar refractivity (Wildman–Crippen MR) is 105 cm³/mol. The maximum Gasteiger partial charge on any atom is 0.309 e. The molecule has 5 nitrogen and oxygen atoms in total. The third-order valence-corrected chi connectivity index (χ3v) is 4.91. The van der Waals surface area contributed by atoms with Crippen LogP contribution in [0.25, 0.3) is 10.6 Å². The highest BCUT2D eigenvalue weighted by Crippen LogP contribution is 2.40. The number of carbonyl (C=O) groups is 1. The Labute approximate surface area is 162 Å². The van der Waals surface area contributed by atoms with E-state index in [2.05, 4.69) is 11.9 Å². The smallest absolute Gasteiger partial charge is 0.309 e. The van der Waals surface area contributed by atoms with Gasteiger partial charge in [-0.2, -0.15) is 0 Å². The average molecular weight is 398 g/mol. The molecule has 0 aliphatic carbocycles. The van der Waals surface area contributed by atoms with Gasteiger partial charge in [0.05, 0.1) is 30.4 Å². The van der Waals surface area contributed by atoms with Crippen molar-refractivity contribution >= 4 is 28.9 Å². The molecule has 0 spiro atoms. The van der Waals surface area contributed by atoms with Gasteiger partial charge in [0.15, 0.2) is 11.5 Å². The molecule has 1 aromatic carbocycles. The zero-order valence-corrected chi connectivity index (χ0v) is 16.7. The Morgan fingerprint density at radius 3 is 2.73 bits per heavy atom. The van der Waals surface area contributed by atoms with E-state index in [1.807, 2.05) is 13.0 Å². The van der Waals surface area contributed by atoms with Crippen LogP contribution in [-0.4, -0.2) is 29.3 Å². The summed E-state index contributed by atoms with van der Waals surface area (Å²) >= 11 is 7.81. The van der Waals surface area contributed by atoms with Crippen molar-refractivity contribution < 1.29 is 19.4 Å². The summed E-state index contributed by atoms with van der Waals surface area (Å²) in [5.74, 6) is 0.235. The fourth-order valence-electron chi connectivity index (χ4n) is 2.47. The van der Waals surface area contributed by atoms with Crippen LogP contribution in [-0.2, 0) is 11.2 Å². The van der Waals surface area contributed by atoms with Crippen molar-refractivity contribution in [3.8, 4) is 22.1 Å². The van der Waals surface area contributed by atoms with Gasteiger partial charge < -0.3 is 14.6 Å². The lowest BCUT2D eigenvalue weighted by molar-refractivity contribution is -0.136. The maximum absolute atomic E-state index is 10.8. The summed E-state index contributed by atoms with van der Waals surface area (Å²) < 4.78 is 11.6. The first-order chi connectivity index (χ1) is 12.5. The molecule has 0 aliphatic rings. The molecule has 0 bridgehead atoms. The molecule has 1 aromatic heterocycles. The van der Waals surface area contributed by atoms with E-state index in [0.717, 1.165) is 18.4 Å². The van der Waals surface area contributed by atoms with Crippen LogP contribution in [0.4, 0.5) is 0 Å². The Morgan fingerprint density at radius 1 is 1.23 bits per heavy atom. The molecular formula is C19H24ClNO4S. The molecule has 142 valence electrons. The van der Waals surface area contributed by atoms with Crippen molar-refractivity contribution in [2.75, 3.05) is 13.2 Å². The van der Waals surface area contributed by atoms with Crippen LogP contribution in [0.3, 0.4) is 0 Å². The Balaban J connectivity index is 2.18. The number of aromatic nitrogens is 1. The lowest BCUT2D eigenvalue weighted by atomic mass is 10.2. The van der Waals surface area contributed by atoms with E-state index in [1.165, 1.54) is 24.2 Å². The summed E-state index contributed by atoms with van der Waals surface area (Å²) in [5, 5.41) is 11.8. The van der Waals surface area contributed by atoms with Crippen molar-refractivity contribution in [3.05, 3.63) is 28.2 Å². The fraction of sp³-hybridized carbons (Fsp3) is 0.474.